The minimum absolute atomic E-state index is 0.0189. The molecule has 0 aliphatic carbocycles. The number of aliphatic carboxylic acids is 1. The van der Waals surface area contributed by atoms with Gasteiger partial charge < -0.3 is 5.11 Å². The van der Waals surface area contributed by atoms with E-state index in [2.05, 4.69) is 10.2 Å². The number of aryl methyl sites for hydroxylation is 1. The van der Waals surface area contributed by atoms with Crippen LogP contribution in [0.15, 0.2) is 48.9 Å². The number of hydrogen-bond donors (Lipinski definition) is 1. The summed E-state index contributed by atoms with van der Waals surface area (Å²) in [6, 6.07) is 9.37. The quantitative estimate of drug-likeness (QED) is 0.521. The Bertz CT molecular complexity index is 900. The molecule has 2 heterocycles. The molecule has 0 unspecified atom stereocenters. The normalized spacial score (nSPS) is 10.7. The second kappa shape index (κ2) is 6.95. The van der Waals surface area contributed by atoms with E-state index < -0.39 is 10.9 Å². The predicted octanol–water partition coefficient (Wildman–Crippen LogP) is 2.51. The van der Waals surface area contributed by atoms with E-state index in [0.717, 1.165) is 5.69 Å². The van der Waals surface area contributed by atoms with E-state index in [1.165, 1.54) is 17.1 Å². The van der Waals surface area contributed by atoms with Gasteiger partial charge in [-0.2, -0.15) is 10.2 Å². The molecule has 0 saturated heterocycles. The molecule has 0 bridgehead atoms. The van der Waals surface area contributed by atoms with Crippen molar-refractivity contribution in [3.8, 4) is 16.9 Å². The van der Waals surface area contributed by atoms with Crippen molar-refractivity contribution in [2.75, 3.05) is 0 Å². The molecule has 0 amide bonds. The fraction of sp³-hybridized carbons (Fsp3) is 0.188. The molecule has 0 fully saturated rings. The number of benzene rings is 1. The number of carbonyl (C=O) groups is 1. The molecular formula is C16H15N5O4. The van der Waals surface area contributed by atoms with Gasteiger partial charge in [0.2, 0.25) is 0 Å². The molecule has 0 spiro atoms. The summed E-state index contributed by atoms with van der Waals surface area (Å²) in [5.74, 6) is -0.911. The third kappa shape index (κ3) is 3.71. The second-order valence-corrected chi connectivity index (χ2v) is 5.39. The van der Waals surface area contributed by atoms with Crippen LogP contribution in [-0.4, -0.2) is 35.6 Å². The number of nitro groups is 1. The molecule has 0 radical (unpaired) electrons. The Morgan fingerprint density at radius 3 is 2.68 bits per heavy atom. The van der Waals surface area contributed by atoms with Gasteiger partial charge in [-0.15, -0.1) is 0 Å². The fourth-order valence-electron chi connectivity index (χ4n) is 2.42. The van der Waals surface area contributed by atoms with Gasteiger partial charge in [-0.05, 0) is 18.6 Å². The molecule has 1 N–H and O–H groups in total. The van der Waals surface area contributed by atoms with Crippen LogP contribution in [0.1, 0.15) is 12.8 Å². The van der Waals surface area contributed by atoms with E-state index >= 15 is 0 Å². The molecule has 0 saturated carbocycles. The van der Waals surface area contributed by atoms with Crippen molar-refractivity contribution in [3.63, 3.8) is 0 Å². The Balaban J connectivity index is 1.88. The molecule has 3 rings (SSSR count). The molecule has 0 atom stereocenters. The molecule has 128 valence electrons. The molecule has 1 aromatic carbocycles. The lowest BCUT2D eigenvalue weighted by molar-refractivity contribution is -0.384. The van der Waals surface area contributed by atoms with Gasteiger partial charge in [-0.3, -0.25) is 19.6 Å². The summed E-state index contributed by atoms with van der Waals surface area (Å²) in [5, 5.41) is 28.4. The molecule has 9 heteroatoms. The Morgan fingerprint density at radius 1 is 1.24 bits per heavy atom. The van der Waals surface area contributed by atoms with Crippen molar-refractivity contribution >= 4 is 11.7 Å². The Labute approximate surface area is 142 Å². The zero-order chi connectivity index (χ0) is 17.8. The summed E-state index contributed by atoms with van der Waals surface area (Å²) in [7, 11) is 0. The van der Waals surface area contributed by atoms with Gasteiger partial charge in [0.05, 0.1) is 16.8 Å². The van der Waals surface area contributed by atoms with Crippen LogP contribution in [0.5, 0.6) is 0 Å². The lowest BCUT2D eigenvalue weighted by atomic mass is 10.2. The third-order valence-corrected chi connectivity index (χ3v) is 3.59. The summed E-state index contributed by atoms with van der Waals surface area (Å²) < 4.78 is 3.01. The second-order valence-electron chi connectivity index (χ2n) is 5.39. The van der Waals surface area contributed by atoms with Crippen molar-refractivity contribution < 1.29 is 14.8 Å². The first-order valence-electron chi connectivity index (χ1n) is 7.58. The number of nitrogens with zero attached hydrogens (tertiary/aromatic N) is 5. The lowest BCUT2D eigenvalue weighted by Gasteiger charge is -1.99. The van der Waals surface area contributed by atoms with Gasteiger partial charge in [0.15, 0.2) is 5.69 Å². The molecule has 0 aliphatic rings. The number of carboxylic acid groups (broad SMARTS) is 1. The minimum atomic E-state index is -0.911. The van der Waals surface area contributed by atoms with Gasteiger partial charge in [0, 0.05) is 24.7 Å². The van der Waals surface area contributed by atoms with Crippen molar-refractivity contribution in [1.29, 1.82) is 0 Å². The Kier molecular flexibility index (Phi) is 4.55. The van der Waals surface area contributed by atoms with E-state index in [4.69, 9.17) is 5.11 Å². The van der Waals surface area contributed by atoms with Crippen LogP contribution in [0.25, 0.3) is 16.9 Å². The zero-order valence-electron chi connectivity index (χ0n) is 13.1. The number of hydrogen-bond acceptors (Lipinski definition) is 5. The fourth-order valence-corrected chi connectivity index (χ4v) is 2.42. The van der Waals surface area contributed by atoms with Crippen molar-refractivity contribution in [1.82, 2.24) is 19.6 Å². The van der Waals surface area contributed by atoms with Gasteiger partial charge >= 0.3 is 11.7 Å². The monoisotopic (exact) mass is 341 g/mol. The standard InChI is InChI=1S/C16H15N5O4/c22-15(23)7-4-8-19-11-14(21(24)25)16(18-19)12-9-17-20(10-12)13-5-2-1-3-6-13/h1-3,5-6,9-11H,4,7-8H2,(H,22,23). The van der Waals surface area contributed by atoms with Crippen LogP contribution in [0, 0.1) is 10.1 Å². The van der Waals surface area contributed by atoms with E-state index in [9.17, 15) is 14.9 Å². The molecule has 2 aromatic heterocycles. The van der Waals surface area contributed by atoms with Gasteiger partial charge in [0.1, 0.15) is 6.20 Å². The molecule has 25 heavy (non-hydrogen) atoms. The van der Waals surface area contributed by atoms with Crippen LogP contribution in [0.2, 0.25) is 0 Å². The highest BCUT2D eigenvalue weighted by Gasteiger charge is 2.22. The number of aromatic nitrogens is 4. The molecule has 0 aliphatic heterocycles. The number of carboxylic acids is 1. The number of para-hydroxylation sites is 1. The maximum absolute atomic E-state index is 11.3. The zero-order valence-corrected chi connectivity index (χ0v) is 13.1. The van der Waals surface area contributed by atoms with E-state index in [0.29, 0.717) is 18.5 Å². The topological polar surface area (TPSA) is 116 Å². The Morgan fingerprint density at radius 2 is 2.00 bits per heavy atom. The maximum Gasteiger partial charge on any atom is 0.315 e. The van der Waals surface area contributed by atoms with Gasteiger partial charge in [0.25, 0.3) is 0 Å². The van der Waals surface area contributed by atoms with Crippen LogP contribution in [0.3, 0.4) is 0 Å². The van der Waals surface area contributed by atoms with E-state index in [-0.39, 0.29) is 17.8 Å². The van der Waals surface area contributed by atoms with Gasteiger partial charge in [-0.1, -0.05) is 18.2 Å². The van der Waals surface area contributed by atoms with Crippen LogP contribution in [0.4, 0.5) is 5.69 Å². The highest BCUT2D eigenvalue weighted by Crippen LogP contribution is 2.28. The van der Waals surface area contributed by atoms with Crippen LogP contribution in [-0.2, 0) is 11.3 Å². The third-order valence-electron chi connectivity index (χ3n) is 3.59. The average Bonchev–Trinajstić information content (AvgIpc) is 3.22. The van der Waals surface area contributed by atoms with E-state index in [1.807, 2.05) is 30.3 Å². The first kappa shape index (κ1) is 16.4. The van der Waals surface area contributed by atoms with Crippen LogP contribution < -0.4 is 0 Å². The molecule has 3 aromatic rings. The summed E-state index contributed by atoms with van der Waals surface area (Å²) in [6.45, 7) is 0.292. The summed E-state index contributed by atoms with van der Waals surface area (Å²) in [5.41, 5.74) is 1.43. The highest BCUT2D eigenvalue weighted by molar-refractivity contribution is 5.68. The SMILES string of the molecule is O=C(O)CCCn1cc([N+](=O)[O-])c(-c2cnn(-c3ccccc3)c2)n1. The van der Waals surface area contributed by atoms with E-state index in [1.54, 1.807) is 10.9 Å². The smallest absolute Gasteiger partial charge is 0.315 e. The predicted molar refractivity (Wildman–Crippen MR) is 88.3 cm³/mol. The van der Waals surface area contributed by atoms with Crippen molar-refractivity contribution in [2.24, 2.45) is 0 Å². The van der Waals surface area contributed by atoms with Crippen LogP contribution >= 0.6 is 0 Å². The summed E-state index contributed by atoms with van der Waals surface area (Å²) in [6.07, 6.45) is 4.83. The highest BCUT2D eigenvalue weighted by atomic mass is 16.6. The molecular weight excluding hydrogens is 326 g/mol. The minimum Gasteiger partial charge on any atom is -0.481 e. The largest absolute Gasteiger partial charge is 0.481 e. The number of rotatable bonds is 7. The first-order valence-corrected chi connectivity index (χ1v) is 7.58. The summed E-state index contributed by atoms with van der Waals surface area (Å²) in [4.78, 5) is 21.4. The Hall–Kier alpha value is -3.49. The average molecular weight is 341 g/mol. The van der Waals surface area contributed by atoms with Crippen molar-refractivity contribution in [2.45, 2.75) is 19.4 Å². The molecule has 9 nitrogen and oxygen atoms in total. The maximum atomic E-state index is 11.3. The summed E-state index contributed by atoms with van der Waals surface area (Å²) >= 11 is 0. The first-order chi connectivity index (χ1) is 12.0. The lowest BCUT2D eigenvalue weighted by Crippen LogP contribution is -2.02. The van der Waals surface area contributed by atoms with Crippen molar-refractivity contribution in [3.05, 3.63) is 59.0 Å². The van der Waals surface area contributed by atoms with Gasteiger partial charge in [-0.25, -0.2) is 4.68 Å².